The van der Waals surface area contributed by atoms with Gasteiger partial charge < -0.3 is 4.12 Å². The molecule has 0 aromatic rings. The van der Waals surface area contributed by atoms with Gasteiger partial charge in [0.05, 0.1) is 0 Å². The van der Waals surface area contributed by atoms with Crippen LogP contribution in [0.3, 0.4) is 0 Å². The zero-order valence-electron chi connectivity index (χ0n) is 4.39. The first-order valence-corrected chi connectivity index (χ1v) is 4.38. The summed E-state index contributed by atoms with van der Waals surface area (Å²) in [4.78, 5) is 0. The molecule has 0 radical (unpaired) electrons. The molecule has 3 nitrogen and oxygen atoms in total. The second-order valence-corrected chi connectivity index (χ2v) is 4.81. The van der Waals surface area contributed by atoms with Crippen molar-refractivity contribution < 1.29 is 20.3 Å². The minimum Gasteiger partial charge on any atom is -0.471 e. The van der Waals surface area contributed by atoms with Crippen molar-refractivity contribution >= 4 is 31.6 Å². The Morgan fingerprint density at radius 3 is 1.25 bits per heavy atom. The van der Waals surface area contributed by atoms with Gasteiger partial charge in [0.15, 0.2) is 0 Å². The van der Waals surface area contributed by atoms with Crippen molar-refractivity contribution in [2.24, 2.45) is 0 Å². The highest BCUT2D eigenvalue weighted by Crippen LogP contribution is 1.85. The fourth-order valence-electron chi connectivity index (χ4n) is 0. The highest BCUT2D eigenvalue weighted by atomic mass is 32.3. The summed E-state index contributed by atoms with van der Waals surface area (Å²) in [6.07, 6.45) is 0. The quantitative estimate of drug-likeness (QED) is 0.312. The fraction of sp³-hybridized carbons (Fsp3) is 0. The first-order chi connectivity index (χ1) is 3.41. The molecule has 0 bridgehead atoms. The van der Waals surface area contributed by atoms with E-state index in [4.69, 9.17) is 8.42 Å². The number of hydrogen-bond acceptors (Lipinski definition) is 3. The molecule has 0 atom stereocenters. The van der Waals surface area contributed by atoms with Gasteiger partial charge >= 0.3 is 10.6 Å². The molecular weight excluding hydrogens is 174 g/mol. The van der Waals surface area contributed by atoms with E-state index in [1.165, 1.54) is 0 Å². The zero-order valence-corrected chi connectivity index (χ0v) is 9.21. The van der Waals surface area contributed by atoms with Crippen molar-refractivity contribution in [1.29, 1.82) is 0 Å². The van der Waals surface area contributed by atoms with Gasteiger partial charge in [-0.1, -0.05) is 7.77 Å². The minimum atomic E-state index is -5.67. The fourth-order valence-corrected chi connectivity index (χ4v) is 0. The predicted octanol–water partition coefficient (Wildman–Crippen LogP) is -2.27. The molecule has 0 unspecified atom stereocenters. The minimum absolute atomic E-state index is 0.931. The van der Waals surface area contributed by atoms with Crippen molar-refractivity contribution in [2.45, 2.75) is 0 Å². The Bertz CT molecular complexity index is 109. The van der Waals surface area contributed by atoms with E-state index in [0.29, 0.717) is 0 Å². The molecule has 0 aliphatic rings. The first kappa shape index (κ1) is 11.1. The van der Waals surface area contributed by atoms with Crippen molar-refractivity contribution in [3.05, 3.63) is 0 Å². The van der Waals surface area contributed by atoms with E-state index >= 15 is 0 Å². The van der Waals surface area contributed by atoms with Gasteiger partial charge in [-0.2, -0.15) is 8.42 Å². The number of rotatable bonds is 0. The van der Waals surface area contributed by atoms with Crippen LogP contribution in [0.15, 0.2) is 0 Å². The van der Waals surface area contributed by atoms with E-state index in [2.05, 4.69) is 4.12 Å². The third kappa shape index (κ3) is 4050. The largest absolute Gasteiger partial charge is 0.476 e. The molecule has 0 saturated heterocycles. The summed E-state index contributed by atoms with van der Waals surface area (Å²) in [6.45, 7) is 0. The van der Waals surface area contributed by atoms with Gasteiger partial charge in [0.25, 0.3) is 0 Å². The molecule has 0 N–H and O–H groups in total. The van der Waals surface area contributed by atoms with Crippen LogP contribution < -0.4 is 0 Å². The van der Waals surface area contributed by atoms with E-state index in [0.717, 1.165) is 21.0 Å². The van der Waals surface area contributed by atoms with E-state index < -0.39 is 10.6 Å². The van der Waals surface area contributed by atoms with Gasteiger partial charge in [-0.3, -0.25) is 0 Å². The molecule has 0 saturated carbocycles. The average Bonchev–Trinajstić information content (AvgIpc) is 1.27. The lowest BCUT2D eigenvalue weighted by Gasteiger charge is -1.62. The molecule has 0 rings (SSSR count). The van der Waals surface area contributed by atoms with E-state index in [1.807, 2.05) is 0 Å². The maximum Gasteiger partial charge on any atom is 0.476 e. The molecule has 0 amide bonds. The summed E-state index contributed by atoms with van der Waals surface area (Å²) in [7, 11) is -3.81. The molecule has 0 aromatic heterocycles. The van der Waals surface area contributed by atoms with Gasteiger partial charge in [-0.25, -0.2) is 0 Å². The van der Waals surface area contributed by atoms with Gasteiger partial charge in [0.1, 0.15) is 21.0 Å². The summed E-state index contributed by atoms with van der Waals surface area (Å²) < 4.78 is 41.1. The summed E-state index contributed by atoms with van der Waals surface area (Å²) in [5.41, 5.74) is 0. The molecule has 0 aliphatic carbocycles. The molecule has 0 heterocycles. The average molecular weight is 180 g/mol. The smallest absolute Gasteiger partial charge is 0.471 e. The van der Waals surface area contributed by atoms with Crippen molar-refractivity contribution in [3.8, 4) is 0 Å². The Morgan fingerprint density at radius 1 is 1.25 bits per heavy atom. The standard InChI is InChI=1S/F2O2S.H6OSi2/c1-5(2,3)4;2-1-3/h;2-3H3. The second kappa shape index (κ2) is 5.34. The van der Waals surface area contributed by atoms with Gasteiger partial charge in [0, 0.05) is 0 Å². The van der Waals surface area contributed by atoms with Gasteiger partial charge in [-0.05, 0) is 0 Å². The topological polar surface area (TPSA) is 43.4 Å². The van der Waals surface area contributed by atoms with E-state index in [9.17, 15) is 7.77 Å². The van der Waals surface area contributed by atoms with Crippen molar-refractivity contribution in [3.63, 3.8) is 0 Å². The molecular formula is H6F2O3SSi2. The normalized spacial score (nSPS) is 10.2. The summed E-state index contributed by atoms with van der Waals surface area (Å²) >= 11 is 0. The highest BCUT2D eigenvalue weighted by Gasteiger charge is 1.94. The van der Waals surface area contributed by atoms with E-state index in [-0.39, 0.29) is 0 Å². The van der Waals surface area contributed by atoms with Crippen molar-refractivity contribution in [2.75, 3.05) is 0 Å². The SMILES string of the molecule is O=S(=O)(F)F.[SiH3]O[SiH3]. The Balaban J connectivity index is 0. The predicted molar refractivity (Wildman–Crippen MR) is 32.1 cm³/mol. The lowest BCUT2D eigenvalue weighted by molar-refractivity contribution is 0.501. The Kier molecular flexibility index (Phi) is 7.39. The number of halogens is 2. The van der Waals surface area contributed by atoms with Gasteiger partial charge in [-0.15, -0.1) is 0 Å². The van der Waals surface area contributed by atoms with Crippen LogP contribution in [0.5, 0.6) is 0 Å². The number of hydrogen-bond donors (Lipinski definition) is 0. The van der Waals surface area contributed by atoms with Crippen LogP contribution in [0, 0.1) is 0 Å². The maximum atomic E-state index is 9.99. The van der Waals surface area contributed by atoms with Crippen LogP contribution in [0.1, 0.15) is 0 Å². The Morgan fingerprint density at radius 2 is 1.25 bits per heavy atom. The van der Waals surface area contributed by atoms with E-state index in [1.54, 1.807) is 0 Å². The summed E-state index contributed by atoms with van der Waals surface area (Å²) in [6, 6.07) is 0. The molecule has 52 valence electrons. The molecule has 0 spiro atoms. The highest BCUT2D eigenvalue weighted by molar-refractivity contribution is 7.81. The van der Waals surface area contributed by atoms with Crippen LogP contribution >= 0.6 is 0 Å². The van der Waals surface area contributed by atoms with Crippen molar-refractivity contribution in [1.82, 2.24) is 0 Å². The van der Waals surface area contributed by atoms with Crippen LogP contribution in [0.2, 0.25) is 0 Å². The Hall–Kier alpha value is 0.204. The molecule has 0 fully saturated rings. The molecule has 0 aromatic carbocycles. The third-order valence-electron chi connectivity index (χ3n) is 0. The molecule has 8 heavy (non-hydrogen) atoms. The first-order valence-electron chi connectivity index (χ1n) is 1.46. The monoisotopic (exact) mass is 180 g/mol. The summed E-state index contributed by atoms with van der Waals surface area (Å²) in [5, 5.41) is 0. The second-order valence-electron chi connectivity index (χ2n) is 0.787. The lowest BCUT2D eigenvalue weighted by Crippen LogP contribution is -1.69. The lowest BCUT2D eigenvalue weighted by atomic mass is 15.8. The molecule has 8 heteroatoms. The van der Waals surface area contributed by atoms with Crippen LogP contribution in [0.4, 0.5) is 7.77 Å². The Labute approximate surface area is 52.6 Å². The van der Waals surface area contributed by atoms with Crippen LogP contribution in [0.25, 0.3) is 0 Å². The van der Waals surface area contributed by atoms with Crippen LogP contribution in [-0.2, 0) is 14.7 Å². The molecule has 0 aliphatic heterocycles. The zero-order chi connectivity index (χ0) is 7.21. The van der Waals surface area contributed by atoms with Crippen LogP contribution in [-0.4, -0.2) is 29.4 Å². The third-order valence-corrected chi connectivity index (χ3v) is 0. The van der Waals surface area contributed by atoms with Gasteiger partial charge in [0.2, 0.25) is 0 Å². The summed E-state index contributed by atoms with van der Waals surface area (Å²) in [5.74, 6) is 0. The maximum absolute atomic E-state index is 9.99.